The molecule has 0 aromatic heterocycles. The van der Waals surface area contributed by atoms with Crippen molar-refractivity contribution >= 4 is 35.3 Å². The van der Waals surface area contributed by atoms with Gasteiger partial charge in [0.15, 0.2) is 0 Å². The summed E-state index contributed by atoms with van der Waals surface area (Å²) in [6.45, 7) is 3.44. The topological polar surface area (TPSA) is 45.1 Å². The number of hydrogen-bond acceptors (Lipinski definition) is 3. The Bertz CT molecular complexity index is 1090. The van der Waals surface area contributed by atoms with E-state index in [0.29, 0.717) is 10.5 Å². The average molecular weight is 481 g/mol. The van der Waals surface area contributed by atoms with Gasteiger partial charge in [-0.3, -0.25) is 14.5 Å². The maximum atomic E-state index is 14.2. The molecule has 7 heteroatoms. The Morgan fingerprint density at radius 3 is 2.50 bits per heavy atom. The van der Waals surface area contributed by atoms with E-state index in [1.165, 1.54) is 49.9 Å². The van der Waals surface area contributed by atoms with Crippen molar-refractivity contribution in [2.24, 2.45) is 0 Å². The number of nitrogens with zero attached hydrogens (tertiary/aromatic N) is 2. The summed E-state index contributed by atoms with van der Waals surface area (Å²) in [5.74, 6) is -0.655. The zero-order valence-corrected chi connectivity index (χ0v) is 20.2. The second-order valence-electron chi connectivity index (χ2n) is 9.37. The van der Waals surface area contributed by atoms with Gasteiger partial charge in [0, 0.05) is 10.5 Å². The molecule has 1 aliphatic carbocycles. The van der Waals surface area contributed by atoms with Gasteiger partial charge in [-0.05, 0) is 50.0 Å². The van der Waals surface area contributed by atoms with E-state index in [1.807, 2.05) is 29.2 Å². The number of para-hydroxylation sites is 1. The van der Waals surface area contributed by atoms with E-state index in [4.69, 9.17) is 0 Å². The number of halogens is 1. The summed E-state index contributed by atoms with van der Waals surface area (Å²) in [5, 5.41) is 0. The quantitative estimate of drug-likeness (QED) is 0.683. The van der Waals surface area contributed by atoms with E-state index in [1.54, 1.807) is 34.1 Å². The first-order valence-electron chi connectivity index (χ1n) is 12.3. The molecule has 3 aliphatic rings. The molecular weight excluding hydrogens is 449 g/mol. The lowest BCUT2D eigenvalue weighted by Crippen LogP contribution is -3.18. The van der Waals surface area contributed by atoms with Crippen LogP contribution in [0.3, 0.4) is 0 Å². The van der Waals surface area contributed by atoms with Crippen LogP contribution in [0.15, 0.2) is 58.3 Å². The number of piperazine rings is 1. The molecule has 0 atom stereocenters. The van der Waals surface area contributed by atoms with Gasteiger partial charge in [-0.25, -0.2) is 4.39 Å². The highest BCUT2D eigenvalue weighted by Crippen LogP contribution is 2.42. The molecule has 0 spiro atoms. The summed E-state index contributed by atoms with van der Waals surface area (Å²) in [4.78, 5) is 33.1. The number of rotatable bonds is 4. The van der Waals surface area contributed by atoms with Crippen molar-refractivity contribution in [2.45, 2.75) is 43.0 Å². The van der Waals surface area contributed by atoms with Gasteiger partial charge in [0.05, 0.1) is 42.8 Å². The van der Waals surface area contributed by atoms with Gasteiger partial charge in [0.25, 0.3) is 5.91 Å². The summed E-state index contributed by atoms with van der Waals surface area (Å²) in [7, 11) is 0. The number of hydrogen-bond donors (Lipinski definition) is 1. The van der Waals surface area contributed by atoms with Gasteiger partial charge in [-0.2, -0.15) is 0 Å². The van der Waals surface area contributed by atoms with Gasteiger partial charge >= 0.3 is 0 Å². The molecular formula is C27H31FN3O2S+. The number of nitrogens with one attached hydrogen (secondary N) is 1. The number of quaternary nitrogens is 1. The minimum Gasteiger partial charge on any atom is -0.330 e. The lowest BCUT2D eigenvalue weighted by Gasteiger charge is -2.39. The third-order valence-electron chi connectivity index (χ3n) is 7.26. The largest absolute Gasteiger partial charge is 0.330 e. The van der Waals surface area contributed by atoms with Gasteiger partial charge in [-0.1, -0.05) is 48.5 Å². The fraction of sp³-hybridized carbons (Fsp3) is 0.407. The second kappa shape index (κ2) is 10.3. The van der Waals surface area contributed by atoms with Crippen LogP contribution in [0.25, 0.3) is 6.08 Å². The van der Waals surface area contributed by atoms with Crippen LogP contribution in [0.1, 0.15) is 37.7 Å². The lowest BCUT2D eigenvalue weighted by molar-refractivity contribution is -0.930. The molecule has 5 nitrogen and oxygen atoms in total. The highest BCUT2D eigenvalue weighted by atomic mass is 32.2. The molecule has 1 N–H and O–H groups in total. The minimum absolute atomic E-state index is 0.00375. The molecule has 1 saturated heterocycles. The SMILES string of the molecule is O=C(CN1C(=O)C(=Cc2ccccc2F)Sc2ccccc21)N1CC[NH+](C2CCCCC2)CC1. The number of amides is 2. The van der Waals surface area contributed by atoms with E-state index in [-0.39, 0.29) is 24.2 Å². The predicted molar refractivity (Wildman–Crippen MR) is 133 cm³/mol. The maximum Gasteiger partial charge on any atom is 0.265 e. The molecule has 1 saturated carbocycles. The van der Waals surface area contributed by atoms with Crippen LogP contribution < -0.4 is 9.80 Å². The van der Waals surface area contributed by atoms with Crippen molar-refractivity contribution in [3.8, 4) is 0 Å². The Morgan fingerprint density at radius 1 is 1.03 bits per heavy atom. The third-order valence-corrected chi connectivity index (χ3v) is 8.34. The third kappa shape index (κ3) is 4.91. The monoisotopic (exact) mass is 480 g/mol. The van der Waals surface area contributed by atoms with E-state index < -0.39 is 0 Å². The summed E-state index contributed by atoms with van der Waals surface area (Å²) >= 11 is 1.33. The van der Waals surface area contributed by atoms with Crippen molar-refractivity contribution in [3.63, 3.8) is 0 Å². The highest BCUT2D eigenvalue weighted by Gasteiger charge is 2.34. The molecule has 2 aromatic carbocycles. The fourth-order valence-electron chi connectivity index (χ4n) is 5.35. The van der Waals surface area contributed by atoms with Gasteiger partial charge < -0.3 is 9.80 Å². The van der Waals surface area contributed by atoms with E-state index in [9.17, 15) is 14.0 Å². The second-order valence-corrected chi connectivity index (χ2v) is 10.4. The standard InChI is InChI=1S/C27H30FN3O2S/c28-22-11-5-4-8-20(22)18-25-27(33)31(23-12-6-7-13-24(23)34-25)19-26(32)30-16-14-29(15-17-30)21-9-2-1-3-10-21/h4-8,11-13,18,21H,1-3,9-10,14-17,19H2/p+1. The molecule has 0 radical (unpaired) electrons. The van der Waals surface area contributed by atoms with Gasteiger partial charge in [0.2, 0.25) is 5.91 Å². The lowest BCUT2D eigenvalue weighted by atomic mass is 9.94. The van der Waals surface area contributed by atoms with Crippen LogP contribution in [0.4, 0.5) is 10.1 Å². The summed E-state index contributed by atoms with van der Waals surface area (Å²) in [6.07, 6.45) is 8.20. The number of thioether (sulfide) groups is 1. The normalized spacial score (nSPS) is 21.1. The van der Waals surface area contributed by atoms with Crippen LogP contribution in [-0.2, 0) is 9.59 Å². The van der Waals surface area contributed by atoms with Crippen LogP contribution in [0.2, 0.25) is 0 Å². The predicted octanol–water partition coefficient (Wildman–Crippen LogP) is 3.37. The van der Waals surface area contributed by atoms with Gasteiger partial charge in [0.1, 0.15) is 12.4 Å². The van der Waals surface area contributed by atoms with Crippen LogP contribution in [0.5, 0.6) is 0 Å². The number of fused-ring (bicyclic) bond motifs is 1. The van der Waals surface area contributed by atoms with Crippen molar-refractivity contribution in [1.82, 2.24) is 4.90 Å². The number of anilines is 1. The molecule has 178 valence electrons. The Morgan fingerprint density at radius 2 is 1.74 bits per heavy atom. The zero-order chi connectivity index (χ0) is 23.5. The highest BCUT2D eigenvalue weighted by molar-refractivity contribution is 8.04. The first-order chi connectivity index (χ1) is 16.6. The fourth-order valence-corrected chi connectivity index (χ4v) is 6.40. The molecule has 2 fully saturated rings. The Hall–Kier alpha value is -2.64. The molecule has 2 aliphatic heterocycles. The molecule has 5 rings (SSSR count). The van der Waals surface area contributed by atoms with Crippen molar-refractivity contribution in [2.75, 3.05) is 37.6 Å². The Kier molecular flexibility index (Phi) is 7.02. The zero-order valence-electron chi connectivity index (χ0n) is 19.3. The first kappa shape index (κ1) is 23.1. The van der Waals surface area contributed by atoms with Crippen molar-refractivity contribution in [1.29, 1.82) is 0 Å². The summed E-state index contributed by atoms with van der Waals surface area (Å²) < 4.78 is 14.2. The smallest absolute Gasteiger partial charge is 0.265 e. The summed E-state index contributed by atoms with van der Waals surface area (Å²) in [6, 6.07) is 14.8. The minimum atomic E-state index is -0.372. The molecule has 2 heterocycles. The molecule has 34 heavy (non-hydrogen) atoms. The van der Waals surface area contributed by atoms with Crippen molar-refractivity contribution in [3.05, 3.63) is 64.8 Å². The Balaban J connectivity index is 1.31. The van der Waals surface area contributed by atoms with Crippen LogP contribution in [0, 0.1) is 5.82 Å². The number of benzene rings is 2. The molecule has 0 bridgehead atoms. The summed E-state index contributed by atoms with van der Waals surface area (Å²) in [5.41, 5.74) is 1.11. The molecule has 2 amide bonds. The number of carbonyl (C=O) groups is 2. The number of carbonyl (C=O) groups excluding carboxylic acids is 2. The van der Waals surface area contributed by atoms with Crippen LogP contribution >= 0.6 is 11.8 Å². The Labute approximate surface area is 204 Å². The van der Waals surface area contributed by atoms with E-state index in [2.05, 4.69) is 0 Å². The van der Waals surface area contributed by atoms with E-state index >= 15 is 0 Å². The molecule has 0 unspecified atom stereocenters. The van der Waals surface area contributed by atoms with E-state index in [0.717, 1.165) is 42.8 Å². The average Bonchev–Trinajstić information content (AvgIpc) is 2.88. The van der Waals surface area contributed by atoms with Gasteiger partial charge in [-0.15, -0.1) is 0 Å². The van der Waals surface area contributed by atoms with Crippen LogP contribution in [-0.4, -0.2) is 55.5 Å². The first-order valence-corrected chi connectivity index (χ1v) is 13.1. The molecule has 2 aromatic rings. The maximum absolute atomic E-state index is 14.2. The van der Waals surface area contributed by atoms with Crippen molar-refractivity contribution < 1.29 is 18.9 Å².